The molecule has 0 amide bonds. The lowest BCUT2D eigenvalue weighted by Gasteiger charge is -2.02. The largest absolute Gasteiger partial charge is 0.361 e. The van der Waals surface area contributed by atoms with Gasteiger partial charge in [0.2, 0.25) is 0 Å². The predicted molar refractivity (Wildman–Crippen MR) is 67.6 cm³/mol. The number of para-hydroxylation sites is 2. The fraction of sp³-hybridized carbons (Fsp3) is 0.231. The van der Waals surface area contributed by atoms with Gasteiger partial charge in [-0.15, -0.1) is 0 Å². The highest BCUT2D eigenvalue weighted by Crippen LogP contribution is 2.16. The maximum Gasteiger partial charge on any atom is 0.326 e. The molecule has 0 aliphatic rings. The number of aromatic nitrogens is 3. The molecule has 0 aliphatic carbocycles. The van der Waals surface area contributed by atoms with Gasteiger partial charge in [-0.05, 0) is 26.0 Å². The monoisotopic (exact) mass is 243 g/mol. The number of imidazole rings is 1. The summed E-state index contributed by atoms with van der Waals surface area (Å²) in [5.74, 6) is 0.754. The van der Waals surface area contributed by atoms with Crippen molar-refractivity contribution in [2.75, 3.05) is 0 Å². The van der Waals surface area contributed by atoms with E-state index in [1.54, 1.807) is 4.57 Å². The Labute approximate surface area is 103 Å². The van der Waals surface area contributed by atoms with Crippen molar-refractivity contribution in [3.63, 3.8) is 0 Å². The molecule has 2 aromatic heterocycles. The van der Waals surface area contributed by atoms with Crippen LogP contribution in [0.3, 0.4) is 0 Å². The lowest BCUT2D eigenvalue weighted by molar-refractivity contribution is 0.392. The van der Waals surface area contributed by atoms with Crippen molar-refractivity contribution in [2.45, 2.75) is 20.4 Å². The molecule has 0 bridgehead atoms. The van der Waals surface area contributed by atoms with Gasteiger partial charge in [0.15, 0.2) is 0 Å². The molecule has 3 aromatic rings. The first-order valence-electron chi connectivity index (χ1n) is 5.76. The smallest absolute Gasteiger partial charge is 0.326 e. The molecular formula is C13H13N3O2. The van der Waals surface area contributed by atoms with Crippen molar-refractivity contribution in [1.82, 2.24) is 14.7 Å². The Bertz CT molecular complexity index is 744. The number of hydrogen-bond donors (Lipinski definition) is 1. The van der Waals surface area contributed by atoms with Gasteiger partial charge < -0.3 is 9.51 Å². The van der Waals surface area contributed by atoms with Crippen LogP contribution in [0.25, 0.3) is 11.0 Å². The van der Waals surface area contributed by atoms with Crippen LogP contribution in [0, 0.1) is 13.8 Å². The molecule has 0 fully saturated rings. The first-order valence-corrected chi connectivity index (χ1v) is 5.76. The lowest BCUT2D eigenvalue weighted by atomic mass is 10.2. The normalized spacial score (nSPS) is 11.2. The van der Waals surface area contributed by atoms with E-state index >= 15 is 0 Å². The summed E-state index contributed by atoms with van der Waals surface area (Å²) in [7, 11) is 0. The van der Waals surface area contributed by atoms with E-state index in [1.807, 2.05) is 38.1 Å². The van der Waals surface area contributed by atoms with Gasteiger partial charge in [0.25, 0.3) is 0 Å². The predicted octanol–water partition coefficient (Wildman–Crippen LogP) is 1.98. The molecule has 0 aliphatic heterocycles. The number of nitrogens with zero attached hydrogens (tertiary/aromatic N) is 2. The van der Waals surface area contributed by atoms with E-state index in [0.29, 0.717) is 6.54 Å². The van der Waals surface area contributed by atoms with Crippen LogP contribution in [-0.2, 0) is 6.54 Å². The van der Waals surface area contributed by atoms with Crippen molar-refractivity contribution >= 4 is 11.0 Å². The van der Waals surface area contributed by atoms with Gasteiger partial charge in [0.05, 0.1) is 23.3 Å². The summed E-state index contributed by atoms with van der Waals surface area (Å²) in [6.07, 6.45) is 0. The summed E-state index contributed by atoms with van der Waals surface area (Å²) >= 11 is 0. The van der Waals surface area contributed by atoms with Crippen LogP contribution in [0.15, 0.2) is 33.6 Å². The molecule has 0 saturated heterocycles. The van der Waals surface area contributed by atoms with Gasteiger partial charge in [-0.1, -0.05) is 17.3 Å². The second kappa shape index (κ2) is 3.87. The van der Waals surface area contributed by atoms with Crippen molar-refractivity contribution in [1.29, 1.82) is 0 Å². The summed E-state index contributed by atoms with van der Waals surface area (Å²) in [5, 5.41) is 3.91. The van der Waals surface area contributed by atoms with E-state index in [2.05, 4.69) is 10.1 Å². The Morgan fingerprint density at radius 1 is 1.33 bits per heavy atom. The summed E-state index contributed by atoms with van der Waals surface area (Å²) in [6, 6.07) is 7.63. The maximum atomic E-state index is 11.9. The van der Waals surface area contributed by atoms with Gasteiger partial charge in [-0.2, -0.15) is 0 Å². The molecule has 1 aromatic carbocycles. The minimum absolute atomic E-state index is 0.115. The lowest BCUT2D eigenvalue weighted by Crippen LogP contribution is -2.17. The number of nitrogens with one attached hydrogen (secondary N) is 1. The van der Waals surface area contributed by atoms with E-state index < -0.39 is 0 Å². The number of aryl methyl sites for hydroxylation is 2. The molecule has 0 atom stereocenters. The first-order chi connectivity index (χ1) is 8.66. The zero-order valence-corrected chi connectivity index (χ0v) is 10.2. The number of benzene rings is 1. The van der Waals surface area contributed by atoms with Crippen LogP contribution < -0.4 is 5.69 Å². The standard InChI is InChI=1S/C13H13N3O2/c1-8-10(9(2)18-15-8)7-16-12-6-4-3-5-11(12)14-13(16)17/h3-6H,7H2,1-2H3,(H,14,17). The topological polar surface area (TPSA) is 63.8 Å². The SMILES string of the molecule is Cc1noc(C)c1Cn1c(=O)[nH]c2ccccc21. The molecule has 92 valence electrons. The Morgan fingerprint density at radius 2 is 2.11 bits per heavy atom. The van der Waals surface area contributed by atoms with Crippen LogP contribution in [0.1, 0.15) is 17.0 Å². The van der Waals surface area contributed by atoms with E-state index in [0.717, 1.165) is 28.1 Å². The Hall–Kier alpha value is -2.30. The van der Waals surface area contributed by atoms with E-state index in [1.165, 1.54) is 0 Å². The Balaban J connectivity index is 2.16. The third kappa shape index (κ3) is 1.55. The van der Waals surface area contributed by atoms with Crippen molar-refractivity contribution in [3.05, 3.63) is 51.8 Å². The third-order valence-electron chi connectivity index (χ3n) is 3.18. The zero-order valence-electron chi connectivity index (χ0n) is 10.2. The molecule has 2 heterocycles. The van der Waals surface area contributed by atoms with Crippen molar-refractivity contribution in [2.24, 2.45) is 0 Å². The molecule has 0 unspecified atom stereocenters. The number of fused-ring (bicyclic) bond motifs is 1. The summed E-state index contributed by atoms with van der Waals surface area (Å²) in [4.78, 5) is 14.8. The zero-order chi connectivity index (χ0) is 12.7. The molecule has 0 spiro atoms. The van der Waals surface area contributed by atoms with Gasteiger partial charge in [-0.25, -0.2) is 4.79 Å². The summed E-state index contributed by atoms with van der Waals surface area (Å²) in [6.45, 7) is 4.21. The van der Waals surface area contributed by atoms with Gasteiger partial charge in [-0.3, -0.25) is 4.57 Å². The quantitative estimate of drug-likeness (QED) is 0.748. The molecule has 18 heavy (non-hydrogen) atoms. The molecule has 3 rings (SSSR count). The molecule has 5 heteroatoms. The van der Waals surface area contributed by atoms with Crippen LogP contribution in [0.5, 0.6) is 0 Å². The fourth-order valence-corrected chi connectivity index (χ4v) is 2.15. The van der Waals surface area contributed by atoms with Crippen LogP contribution in [0.4, 0.5) is 0 Å². The second-order valence-corrected chi connectivity index (χ2v) is 4.34. The molecule has 1 N–H and O–H groups in total. The number of rotatable bonds is 2. The minimum atomic E-state index is -0.115. The molecular weight excluding hydrogens is 230 g/mol. The Morgan fingerprint density at radius 3 is 2.83 bits per heavy atom. The average molecular weight is 243 g/mol. The number of H-pyrrole nitrogens is 1. The van der Waals surface area contributed by atoms with Crippen molar-refractivity contribution in [3.8, 4) is 0 Å². The van der Waals surface area contributed by atoms with Crippen LogP contribution >= 0.6 is 0 Å². The highest BCUT2D eigenvalue weighted by molar-refractivity contribution is 5.75. The second-order valence-electron chi connectivity index (χ2n) is 4.34. The summed E-state index contributed by atoms with van der Waals surface area (Å²) in [5.41, 5.74) is 3.40. The number of hydrogen-bond acceptors (Lipinski definition) is 3. The molecule has 0 saturated carbocycles. The Kier molecular flexibility index (Phi) is 2.33. The average Bonchev–Trinajstić information content (AvgIpc) is 2.84. The van der Waals surface area contributed by atoms with Gasteiger partial charge >= 0.3 is 5.69 Å². The molecule has 5 nitrogen and oxygen atoms in total. The number of aromatic amines is 1. The van der Waals surface area contributed by atoms with Gasteiger partial charge in [0.1, 0.15) is 5.76 Å². The van der Waals surface area contributed by atoms with Crippen molar-refractivity contribution < 1.29 is 4.52 Å². The minimum Gasteiger partial charge on any atom is -0.361 e. The first kappa shape index (κ1) is 10.8. The highest BCUT2D eigenvalue weighted by atomic mass is 16.5. The van der Waals surface area contributed by atoms with E-state index in [9.17, 15) is 4.79 Å². The highest BCUT2D eigenvalue weighted by Gasteiger charge is 2.13. The fourth-order valence-electron chi connectivity index (χ4n) is 2.15. The molecule has 0 radical (unpaired) electrons. The van der Waals surface area contributed by atoms with Crippen LogP contribution in [-0.4, -0.2) is 14.7 Å². The third-order valence-corrected chi connectivity index (χ3v) is 3.18. The maximum absolute atomic E-state index is 11.9. The summed E-state index contributed by atoms with van der Waals surface area (Å²) < 4.78 is 6.82. The van der Waals surface area contributed by atoms with Crippen LogP contribution in [0.2, 0.25) is 0 Å². The van der Waals surface area contributed by atoms with E-state index in [-0.39, 0.29) is 5.69 Å². The van der Waals surface area contributed by atoms with E-state index in [4.69, 9.17) is 4.52 Å². The van der Waals surface area contributed by atoms with Gasteiger partial charge in [0, 0.05) is 5.56 Å².